The van der Waals surface area contributed by atoms with E-state index in [1.165, 1.54) is 6.20 Å². The van der Waals surface area contributed by atoms with Crippen LogP contribution < -0.4 is 10.0 Å². The first-order valence-corrected chi connectivity index (χ1v) is 9.25. The predicted molar refractivity (Wildman–Crippen MR) is 97.0 cm³/mol. The van der Waals surface area contributed by atoms with E-state index in [2.05, 4.69) is 15.0 Å². The van der Waals surface area contributed by atoms with Crippen LogP contribution in [0.25, 0.3) is 0 Å². The first-order chi connectivity index (χ1) is 11.9. The maximum atomic E-state index is 12.5. The van der Waals surface area contributed by atoms with Gasteiger partial charge in [0, 0.05) is 0 Å². The molecule has 0 amide bonds. The smallest absolute Gasteiger partial charge is 0.261 e. The summed E-state index contributed by atoms with van der Waals surface area (Å²) in [5, 5.41) is 3.10. The van der Waals surface area contributed by atoms with Crippen LogP contribution in [-0.4, -0.2) is 13.4 Å². The minimum atomic E-state index is -3.64. The summed E-state index contributed by atoms with van der Waals surface area (Å²) in [6, 6.07) is 12.1. The topological polar surface area (TPSA) is 84.2 Å². The van der Waals surface area contributed by atoms with Crippen molar-refractivity contribution in [3.63, 3.8) is 0 Å². The average Bonchev–Trinajstić information content (AvgIpc) is 3.10. The molecule has 0 radical (unpaired) electrons. The molecule has 0 bridgehead atoms. The van der Waals surface area contributed by atoms with E-state index in [9.17, 15) is 8.42 Å². The van der Waals surface area contributed by atoms with E-state index >= 15 is 0 Å². The molecule has 0 atom stereocenters. The number of hydrogen-bond donors (Lipinski definition) is 2. The van der Waals surface area contributed by atoms with E-state index in [-0.39, 0.29) is 4.90 Å². The summed E-state index contributed by atoms with van der Waals surface area (Å²) in [6.07, 6.45) is 3.08. The van der Waals surface area contributed by atoms with Gasteiger partial charge in [0.05, 0.1) is 29.6 Å². The summed E-state index contributed by atoms with van der Waals surface area (Å²) < 4.78 is 32.7. The van der Waals surface area contributed by atoms with E-state index in [4.69, 9.17) is 4.42 Å². The lowest BCUT2D eigenvalue weighted by Gasteiger charge is -2.10. The molecule has 0 unspecified atom stereocenters. The molecule has 0 aliphatic heterocycles. The third kappa shape index (κ3) is 4.19. The summed E-state index contributed by atoms with van der Waals surface area (Å²) in [4.78, 5) is 4.44. The Bertz CT molecular complexity index is 950. The highest BCUT2D eigenvalue weighted by atomic mass is 32.2. The van der Waals surface area contributed by atoms with Gasteiger partial charge in [0.1, 0.15) is 11.6 Å². The zero-order chi connectivity index (χ0) is 17.9. The number of anilines is 2. The molecule has 6 nitrogen and oxygen atoms in total. The van der Waals surface area contributed by atoms with Gasteiger partial charge in [-0.15, -0.1) is 0 Å². The van der Waals surface area contributed by atoms with Gasteiger partial charge in [0.15, 0.2) is 0 Å². The monoisotopic (exact) mass is 357 g/mol. The van der Waals surface area contributed by atoms with Crippen molar-refractivity contribution in [3.05, 3.63) is 71.8 Å². The van der Waals surface area contributed by atoms with Crippen LogP contribution in [0.3, 0.4) is 0 Å². The summed E-state index contributed by atoms with van der Waals surface area (Å²) in [6.45, 7) is 4.33. The summed E-state index contributed by atoms with van der Waals surface area (Å²) in [5.74, 6) is 1.42. The molecule has 0 saturated carbocycles. The number of furan rings is 1. The fourth-order valence-electron chi connectivity index (χ4n) is 2.24. The van der Waals surface area contributed by atoms with Gasteiger partial charge in [-0.05, 0) is 61.4 Å². The molecule has 0 saturated heterocycles. The molecule has 3 aromatic rings. The molecule has 7 heteroatoms. The van der Waals surface area contributed by atoms with Crippen LogP contribution in [0, 0.1) is 13.8 Å². The van der Waals surface area contributed by atoms with Gasteiger partial charge in [-0.25, -0.2) is 13.4 Å². The fourth-order valence-corrected chi connectivity index (χ4v) is 3.37. The number of aryl methyl sites for hydroxylation is 2. The van der Waals surface area contributed by atoms with Crippen LogP contribution in [0.15, 0.2) is 64.2 Å². The third-order valence-corrected chi connectivity index (χ3v) is 5.21. The lowest BCUT2D eigenvalue weighted by atomic mass is 10.1. The molecule has 2 N–H and O–H groups in total. The zero-order valence-corrected chi connectivity index (χ0v) is 14.8. The third-order valence-electron chi connectivity index (χ3n) is 3.83. The van der Waals surface area contributed by atoms with Crippen molar-refractivity contribution < 1.29 is 12.8 Å². The minimum absolute atomic E-state index is 0.232. The van der Waals surface area contributed by atoms with E-state index in [1.807, 2.05) is 26.0 Å². The summed E-state index contributed by atoms with van der Waals surface area (Å²) in [7, 11) is -3.64. The molecule has 3 rings (SSSR count). The van der Waals surface area contributed by atoms with Gasteiger partial charge in [0.2, 0.25) is 0 Å². The van der Waals surface area contributed by atoms with Crippen LogP contribution in [0.2, 0.25) is 0 Å². The standard InChI is InChI=1S/C18H19N3O3S/c1-13-5-7-17(10-14(13)2)25(22,23)21-15-6-8-18(19-11-15)20-12-16-4-3-9-24-16/h3-11,21H,12H2,1-2H3,(H,19,20). The van der Waals surface area contributed by atoms with Crippen LogP contribution in [0.1, 0.15) is 16.9 Å². The Balaban J connectivity index is 1.68. The number of hydrogen-bond acceptors (Lipinski definition) is 5. The number of aromatic nitrogens is 1. The molecule has 0 aliphatic carbocycles. The maximum Gasteiger partial charge on any atom is 0.261 e. The highest BCUT2D eigenvalue weighted by molar-refractivity contribution is 7.92. The number of benzene rings is 1. The van der Waals surface area contributed by atoms with Crippen LogP contribution in [-0.2, 0) is 16.6 Å². The molecule has 0 aliphatic rings. The first-order valence-electron chi connectivity index (χ1n) is 7.76. The van der Waals surface area contributed by atoms with Crippen molar-refractivity contribution in [1.29, 1.82) is 0 Å². The molecular formula is C18H19N3O3S. The van der Waals surface area contributed by atoms with Crippen molar-refractivity contribution in [3.8, 4) is 0 Å². The summed E-state index contributed by atoms with van der Waals surface area (Å²) in [5.41, 5.74) is 2.38. The molecule has 130 valence electrons. The normalized spacial score (nSPS) is 11.3. The predicted octanol–water partition coefficient (Wildman–Crippen LogP) is 3.70. The Morgan fingerprint density at radius 1 is 1.08 bits per heavy atom. The second kappa shape index (κ2) is 6.98. The Hall–Kier alpha value is -2.80. The first kappa shape index (κ1) is 17.0. The number of nitrogens with zero attached hydrogens (tertiary/aromatic N) is 1. The van der Waals surface area contributed by atoms with Crippen molar-refractivity contribution in [2.75, 3.05) is 10.0 Å². The Morgan fingerprint density at radius 2 is 1.92 bits per heavy atom. The minimum Gasteiger partial charge on any atom is -0.467 e. The quantitative estimate of drug-likeness (QED) is 0.703. The zero-order valence-electron chi connectivity index (χ0n) is 14.0. The van der Waals surface area contributed by atoms with Crippen LogP contribution in [0.5, 0.6) is 0 Å². The number of sulfonamides is 1. The number of rotatable bonds is 6. The van der Waals surface area contributed by atoms with Crippen LogP contribution in [0.4, 0.5) is 11.5 Å². The van der Waals surface area contributed by atoms with Crippen molar-refractivity contribution in [1.82, 2.24) is 4.98 Å². The molecule has 2 aromatic heterocycles. The molecular weight excluding hydrogens is 338 g/mol. The van der Waals surface area contributed by atoms with E-state index in [0.29, 0.717) is 18.1 Å². The van der Waals surface area contributed by atoms with Crippen molar-refractivity contribution >= 4 is 21.5 Å². The SMILES string of the molecule is Cc1ccc(S(=O)(=O)Nc2ccc(NCc3ccco3)nc2)cc1C. The van der Waals surface area contributed by atoms with Gasteiger partial charge in [-0.2, -0.15) is 0 Å². The summed E-state index contributed by atoms with van der Waals surface area (Å²) >= 11 is 0. The fraction of sp³-hybridized carbons (Fsp3) is 0.167. The highest BCUT2D eigenvalue weighted by Gasteiger charge is 2.15. The lowest BCUT2D eigenvalue weighted by Crippen LogP contribution is -2.13. The van der Waals surface area contributed by atoms with Gasteiger partial charge < -0.3 is 9.73 Å². The number of nitrogens with one attached hydrogen (secondary N) is 2. The molecule has 25 heavy (non-hydrogen) atoms. The van der Waals surface area contributed by atoms with Crippen molar-refractivity contribution in [2.24, 2.45) is 0 Å². The average molecular weight is 357 g/mol. The largest absolute Gasteiger partial charge is 0.467 e. The molecule has 2 heterocycles. The highest BCUT2D eigenvalue weighted by Crippen LogP contribution is 2.19. The molecule has 1 aromatic carbocycles. The second-order valence-corrected chi connectivity index (χ2v) is 7.40. The van der Waals surface area contributed by atoms with E-state index < -0.39 is 10.0 Å². The van der Waals surface area contributed by atoms with Crippen molar-refractivity contribution in [2.45, 2.75) is 25.3 Å². The van der Waals surface area contributed by atoms with E-state index in [1.54, 1.807) is 36.6 Å². The Kier molecular flexibility index (Phi) is 4.76. The van der Waals surface area contributed by atoms with Gasteiger partial charge in [-0.3, -0.25) is 4.72 Å². The van der Waals surface area contributed by atoms with E-state index in [0.717, 1.165) is 16.9 Å². The maximum absolute atomic E-state index is 12.5. The Labute approximate surface area is 147 Å². The van der Waals surface area contributed by atoms with Gasteiger partial charge in [0.25, 0.3) is 10.0 Å². The molecule has 0 spiro atoms. The molecule has 0 fully saturated rings. The lowest BCUT2D eigenvalue weighted by molar-refractivity contribution is 0.518. The Morgan fingerprint density at radius 3 is 2.56 bits per heavy atom. The van der Waals surface area contributed by atoms with Gasteiger partial charge >= 0.3 is 0 Å². The van der Waals surface area contributed by atoms with Gasteiger partial charge in [-0.1, -0.05) is 6.07 Å². The number of pyridine rings is 1. The second-order valence-electron chi connectivity index (χ2n) is 5.72. The van der Waals surface area contributed by atoms with Crippen LogP contribution >= 0.6 is 0 Å².